The third-order valence-corrected chi connectivity index (χ3v) is 2.16. The minimum atomic E-state index is 0.470. The highest BCUT2D eigenvalue weighted by atomic mass is 16.5. The first-order valence-electron chi connectivity index (χ1n) is 4.07. The van der Waals surface area contributed by atoms with Crippen LogP contribution < -0.4 is 5.73 Å². The van der Waals surface area contributed by atoms with E-state index in [-0.39, 0.29) is 0 Å². The predicted molar refractivity (Wildman–Crippen MR) is 46.9 cm³/mol. The van der Waals surface area contributed by atoms with Gasteiger partial charge in [0, 0.05) is 17.7 Å². The van der Waals surface area contributed by atoms with Gasteiger partial charge in [0.25, 0.3) is 0 Å². The molecule has 0 bridgehead atoms. The molecular formula is C9H12N2O. The molecule has 1 aliphatic heterocycles. The number of hydrogen-bond donors (Lipinski definition) is 1. The van der Waals surface area contributed by atoms with Gasteiger partial charge < -0.3 is 10.5 Å². The van der Waals surface area contributed by atoms with Crippen molar-refractivity contribution in [2.75, 3.05) is 18.9 Å². The molecular weight excluding hydrogens is 152 g/mol. The highest BCUT2D eigenvalue weighted by Gasteiger charge is 2.22. The number of pyridine rings is 1. The average molecular weight is 164 g/mol. The second-order valence-corrected chi connectivity index (χ2v) is 3.22. The van der Waals surface area contributed by atoms with Crippen LogP contribution in [0.1, 0.15) is 17.0 Å². The summed E-state index contributed by atoms with van der Waals surface area (Å²) in [6.45, 7) is 3.60. The summed E-state index contributed by atoms with van der Waals surface area (Å²) in [7, 11) is 0. The first-order chi connectivity index (χ1) is 5.77. The molecule has 1 aliphatic rings. The van der Waals surface area contributed by atoms with Gasteiger partial charge in [-0.2, -0.15) is 0 Å². The summed E-state index contributed by atoms with van der Waals surface area (Å²) in [5.41, 5.74) is 8.03. The normalized spacial score (nSPS) is 17.4. The summed E-state index contributed by atoms with van der Waals surface area (Å²) in [5, 5.41) is 0. The second kappa shape index (κ2) is 2.75. The topological polar surface area (TPSA) is 48.1 Å². The van der Waals surface area contributed by atoms with Crippen molar-refractivity contribution < 1.29 is 4.74 Å². The molecule has 2 heterocycles. The van der Waals surface area contributed by atoms with E-state index in [0.29, 0.717) is 11.7 Å². The van der Waals surface area contributed by atoms with Gasteiger partial charge in [-0.1, -0.05) is 6.07 Å². The monoisotopic (exact) mass is 164 g/mol. The SMILES string of the molecule is Cc1cnc(N)c(C2COC2)c1. The van der Waals surface area contributed by atoms with Crippen LogP contribution in [0.25, 0.3) is 0 Å². The molecule has 0 spiro atoms. The fraction of sp³-hybridized carbons (Fsp3) is 0.444. The predicted octanol–water partition coefficient (Wildman–Crippen LogP) is 1.09. The van der Waals surface area contributed by atoms with Crippen molar-refractivity contribution in [1.82, 2.24) is 4.98 Å². The van der Waals surface area contributed by atoms with Gasteiger partial charge in [-0.05, 0) is 12.5 Å². The Morgan fingerprint density at radius 1 is 1.58 bits per heavy atom. The van der Waals surface area contributed by atoms with E-state index in [4.69, 9.17) is 10.5 Å². The molecule has 0 atom stereocenters. The Labute approximate surface area is 71.6 Å². The molecule has 12 heavy (non-hydrogen) atoms. The molecule has 0 aromatic carbocycles. The smallest absolute Gasteiger partial charge is 0.126 e. The summed E-state index contributed by atoms with van der Waals surface area (Å²) in [6.07, 6.45) is 1.79. The summed E-state index contributed by atoms with van der Waals surface area (Å²) < 4.78 is 5.10. The third-order valence-electron chi connectivity index (χ3n) is 2.16. The molecule has 3 nitrogen and oxygen atoms in total. The zero-order valence-corrected chi connectivity index (χ0v) is 7.08. The maximum atomic E-state index is 5.73. The molecule has 2 rings (SSSR count). The lowest BCUT2D eigenvalue weighted by molar-refractivity contribution is 0.00858. The van der Waals surface area contributed by atoms with E-state index in [9.17, 15) is 0 Å². The molecule has 0 aliphatic carbocycles. The van der Waals surface area contributed by atoms with Crippen molar-refractivity contribution in [3.05, 3.63) is 23.4 Å². The molecule has 64 valence electrons. The molecule has 1 aromatic heterocycles. The van der Waals surface area contributed by atoms with Crippen LogP contribution in [0.3, 0.4) is 0 Å². The number of aryl methyl sites for hydroxylation is 1. The minimum Gasteiger partial charge on any atom is -0.383 e. The lowest BCUT2D eigenvalue weighted by Gasteiger charge is -2.27. The van der Waals surface area contributed by atoms with E-state index < -0.39 is 0 Å². The summed E-state index contributed by atoms with van der Waals surface area (Å²) >= 11 is 0. The number of nitrogens with two attached hydrogens (primary N) is 1. The van der Waals surface area contributed by atoms with Crippen LogP contribution in [-0.4, -0.2) is 18.2 Å². The van der Waals surface area contributed by atoms with Gasteiger partial charge in [-0.15, -0.1) is 0 Å². The Bertz CT molecular complexity index is 295. The van der Waals surface area contributed by atoms with Gasteiger partial charge in [0.05, 0.1) is 13.2 Å². The van der Waals surface area contributed by atoms with E-state index in [1.165, 1.54) is 0 Å². The van der Waals surface area contributed by atoms with E-state index >= 15 is 0 Å². The van der Waals surface area contributed by atoms with Crippen molar-refractivity contribution in [3.63, 3.8) is 0 Å². The molecule has 0 radical (unpaired) electrons. The number of aromatic nitrogens is 1. The standard InChI is InChI=1S/C9H12N2O/c1-6-2-8(7-4-12-5-7)9(10)11-3-6/h2-3,7H,4-5H2,1H3,(H2,10,11). The van der Waals surface area contributed by atoms with Gasteiger partial charge in [-0.3, -0.25) is 0 Å². The lowest BCUT2D eigenvalue weighted by atomic mass is 9.97. The van der Waals surface area contributed by atoms with Crippen LogP contribution in [0, 0.1) is 6.92 Å². The first-order valence-corrected chi connectivity index (χ1v) is 4.07. The molecule has 0 saturated carbocycles. The van der Waals surface area contributed by atoms with Gasteiger partial charge in [0.15, 0.2) is 0 Å². The minimum absolute atomic E-state index is 0.470. The summed E-state index contributed by atoms with van der Waals surface area (Å²) in [5.74, 6) is 1.12. The fourth-order valence-corrected chi connectivity index (χ4v) is 1.34. The maximum Gasteiger partial charge on any atom is 0.126 e. The summed E-state index contributed by atoms with van der Waals surface area (Å²) in [6, 6.07) is 2.09. The Morgan fingerprint density at radius 3 is 2.92 bits per heavy atom. The van der Waals surface area contributed by atoms with Gasteiger partial charge in [-0.25, -0.2) is 4.98 Å². The zero-order chi connectivity index (χ0) is 8.55. The van der Waals surface area contributed by atoms with Crippen molar-refractivity contribution >= 4 is 5.82 Å². The third kappa shape index (κ3) is 1.16. The molecule has 1 fully saturated rings. The van der Waals surface area contributed by atoms with Crippen LogP contribution in [0.4, 0.5) is 5.82 Å². The highest BCUT2D eigenvalue weighted by Crippen LogP contribution is 2.27. The average Bonchev–Trinajstić information content (AvgIpc) is 1.93. The zero-order valence-electron chi connectivity index (χ0n) is 7.08. The molecule has 3 heteroatoms. The van der Waals surface area contributed by atoms with Crippen LogP contribution in [0.5, 0.6) is 0 Å². The number of anilines is 1. The first kappa shape index (κ1) is 7.55. The Balaban J connectivity index is 2.34. The number of rotatable bonds is 1. The van der Waals surface area contributed by atoms with E-state index in [1.807, 2.05) is 6.92 Å². The van der Waals surface area contributed by atoms with Gasteiger partial charge in [0.2, 0.25) is 0 Å². The Hall–Kier alpha value is -1.09. The van der Waals surface area contributed by atoms with Crippen molar-refractivity contribution in [3.8, 4) is 0 Å². The molecule has 1 saturated heterocycles. The van der Waals surface area contributed by atoms with Crippen LogP contribution in [-0.2, 0) is 4.74 Å². The van der Waals surface area contributed by atoms with Crippen LogP contribution in [0.15, 0.2) is 12.3 Å². The quantitative estimate of drug-likeness (QED) is 0.675. The lowest BCUT2D eigenvalue weighted by Crippen LogP contribution is -2.26. The van der Waals surface area contributed by atoms with E-state index in [0.717, 1.165) is 24.3 Å². The number of nitrogens with zero attached hydrogens (tertiary/aromatic N) is 1. The van der Waals surface area contributed by atoms with Gasteiger partial charge in [0.1, 0.15) is 5.82 Å². The highest BCUT2D eigenvalue weighted by molar-refractivity contribution is 5.43. The molecule has 0 amide bonds. The van der Waals surface area contributed by atoms with Crippen LogP contribution in [0.2, 0.25) is 0 Å². The Kier molecular flexibility index (Phi) is 1.73. The number of nitrogen functional groups attached to an aromatic ring is 1. The fourth-order valence-electron chi connectivity index (χ4n) is 1.34. The Morgan fingerprint density at radius 2 is 2.33 bits per heavy atom. The number of ether oxygens (including phenoxy) is 1. The van der Waals surface area contributed by atoms with Crippen molar-refractivity contribution in [1.29, 1.82) is 0 Å². The van der Waals surface area contributed by atoms with Crippen molar-refractivity contribution in [2.45, 2.75) is 12.8 Å². The van der Waals surface area contributed by atoms with Gasteiger partial charge >= 0.3 is 0 Å². The maximum absolute atomic E-state index is 5.73. The molecule has 0 unspecified atom stereocenters. The van der Waals surface area contributed by atoms with E-state index in [2.05, 4.69) is 11.1 Å². The largest absolute Gasteiger partial charge is 0.383 e. The molecule has 2 N–H and O–H groups in total. The van der Waals surface area contributed by atoms with E-state index in [1.54, 1.807) is 6.20 Å². The van der Waals surface area contributed by atoms with Crippen molar-refractivity contribution in [2.24, 2.45) is 0 Å². The number of hydrogen-bond acceptors (Lipinski definition) is 3. The second-order valence-electron chi connectivity index (χ2n) is 3.22. The summed E-state index contributed by atoms with van der Waals surface area (Å²) in [4.78, 5) is 4.10. The van der Waals surface area contributed by atoms with Crippen LogP contribution >= 0.6 is 0 Å². The molecule has 1 aromatic rings.